The molecule has 1 N–H and O–H groups in total. The van der Waals surface area contributed by atoms with Gasteiger partial charge in [-0.05, 0) is 49.4 Å². The van der Waals surface area contributed by atoms with E-state index in [4.69, 9.17) is 0 Å². The van der Waals surface area contributed by atoms with Crippen LogP contribution >= 0.6 is 11.3 Å². The standard InChI is InChI=1S/C17H20N2O2S/c1-12-6-7-14(18-10-12)16(15-5-3-9-22-15)19-8-2-4-13(11-19)17(20)21/h3,5-7,9-10,13,16H,2,4,8,11H2,1H3,(H,20,21). The highest BCUT2D eigenvalue weighted by Crippen LogP contribution is 2.34. The van der Waals surface area contributed by atoms with Gasteiger partial charge in [-0.1, -0.05) is 12.1 Å². The Bertz CT molecular complexity index is 625. The minimum Gasteiger partial charge on any atom is -0.481 e. The van der Waals surface area contributed by atoms with Crippen LogP contribution in [0.2, 0.25) is 0 Å². The molecule has 0 bridgehead atoms. The van der Waals surface area contributed by atoms with Crippen LogP contribution in [0.3, 0.4) is 0 Å². The van der Waals surface area contributed by atoms with Gasteiger partial charge in [0, 0.05) is 17.6 Å². The van der Waals surface area contributed by atoms with Crippen LogP contribution in [0.1, 0.15) is 35.0 Å². The molecule has 22 heavy (non-hydrogen) atoms. The van der Waals surface area contributed by atoms with Gasteiger partial charge in [0.1, 0.15) is 0 Å². The van der Waals surface area contributed by atoms with E-state index in [0.717, 1.165) is 30.6 Å². The number of likely N-dealkylation sites (tertiary alicyclic amines) is 1. The van der Waals surface area contributed by atoms with E-state index in [1.807, 2.05) is 19.2 Å². The van der Waals surface area contributed by atoms with Crippen molar-refractivity contribution in [2.45, 2.75) is 25.8 Å². The second kappa shape index (κ2) is 6.58. The lowest BCUT2D eigenvalue weighted by Crippen LogP contribution is -2.41. The third kappa shape index (κ3) is 3.20. The van der Waals surface area contributed by atoms with E-state index in [-0.39, 0.29) is 12.0 Å². The zero-order valence-corrected chi connectivity index (χ0v) is 13.4. The summed E-state index contributed by atoms with van der Waals surface area (Å²) in [4.78, 5) is 19.4. The summed E-state index contributed by atoms with van der Waals surface area (Å²) < 4.78 is 0. The average Bonchev–Trinajstić information content (AvgIpc) is 3.04. The number of aromatic nitrogens is 1. The predicted octanol–water partition coefficient (Wildman–Crippen LogP) is 3.34. The van der Waals surface area contributed by atoms with E-state index in [1.54, 1.807) is 11.3 Å². The fourth-order valence-electron chi connectivity index (χ4n) is 3.04. The van der Waals surface area contributed by atoms with E-state index in [9.17, 15) is 9.90 Å². The summed E-state index contributed by atoms with van der Waals surface area (Å²) in [6.07, 6.45) is 3.57. The Kier molecular flexibility index (Phi) is 4.55. The molecule has 1 aliphatic rings. The molecule has 0 saturated carbocycles. The first-order valence-corrected chi connectivity index (χ1v) is 8.46. The van der Waals surface area contributed by atoms with E-state index >= 15 is 0 Å². The van der Waals surface area contributed by atoms with Crippen molar-refractivity contribution in [3.05, 3.63) is 52.0 Å². The maximum absolute atomic E-state index is 11.4. The molecular formula is C17H20N2O2S. The SMILES string of the molecule is Cc1ccc(C(c2cccs2)N2CCCC(C(=O)O)C2)nc1. The van der Waals surface area contributed by atoms with E-state index in [0.29, 0.717) is 6.54 Å². The maximum Gasteiger partial charge on any atom is 0.307 e. The third-order valence-corrected chi connectivity index (χ3v) is 5.12. The van der Waals surface area contributed by atoms with Crippen LogP contribution in [-0.4, -0.2) is 34.0 Å². The smallest absolute Gasteiger partial charge is 0.307 e. The van der Waals surface area contributed by atoms with Crippen LogP contribution < -0.4 is 0 Å². The first-order valence-electron chi connectivity index (χ1n) is 7.58. The highest BCUT2D eigenvalue weighted by atomic mass is 32.1. The number of rotatable bonds is 4. The lowest BCUT2D eigenvalue weighted by molar-refractivity contribution is -0.143. The maximum atomic E-state index is 11.4. The van der Waals surface area contributed by atoms with Crippen LogP contribution in [0.4, 0.5) is 0 Å². The van der Waals surface area contributed by atoms with Gasteiger partial charge >= 0.3 is 5.97 Å². The molecule has 1 fully saturated rings. The van der Waals surface area contributed by atoms with E-state index in [1.165, 1.54) is 4.88 Å². The molecule has 3 rings (SSSR count). The van der Waals surface area contributed by atoms with Gasteiger partial charge in [0.15, 0.2) is 0 Å². The molecule has 2 atom stereocenters. The second-order valence-corrected chi connectivity index (χ2v) is 6.83. The number of carboxylic acid groups (broad SMARTS) is 1. The Hall–Kier alpha value is -1.72. The van der Waals surface area contributed by atoms with Crippen LogP contribution in [0.5, 0.6) is 0 Å². The zero-order chi connectivity index (χ0) is 15.5. The van der Waals surface area contributed by atoms with Crippen LogP contribution in [0.25, 0.3) is 0 Å². The fraction of sp³-hybridized carbons (Fsp3) is 0.412. The molecule has 0 spiro atoms. The van der Waals surface area contributed by atoms with Crippen molar-refractivity contribution < 1.29 is 9.90 Å². The summed E-state index contributed by atoms with van der Waals surface area (Å²) in [6.45, 7) is 3.54. The van der Waals surface area contributed by atoms with Gasteiger partial charge in [-0.25, -0.2) is 0 Å². The number of piperidine rings is 1. The van der Waals surface area contributed by atoms with E-state index < -0.39 is 5.97 Å². The molecule has 2 aromatic heterocycles. The van der Waals surface area contributed by atoms with Gasteiger partial charge < -0.3 is 5.11 Å². The van der Waals surface area contributed by atoms with Crippen LogP contribution in [0.15, 0.2) is 35.8 Å². The predicted molar refractivity (Wildman–Crippen MR) is 87.1 cm³/mol. The largest absolute Gasteiger partial charge is 0.481 e. The number of hydrogen-bond acceptors (Lipinski definition) is 4. The molecule has 5 heteroatoms. The topological polar surface area (TPSA) is 53.4 Å². The fourth-order valence-corrected chi connectivity index (χ4v) is 3.91. The van der Waals surface area contributed by atoms with Gasteiger partial charge in [-0.3, -0.25) is 14.7 Å². The van der Waals surface area contributed by atoms with Crippen molar-refractivity contribution >= 4 is 17.3 Å². The molecule has 4 nitrogen and oxygen atoms in total. The number of aryl methyl sites for hydroxylation is 1. The van der Waals surface area contributed by atoms with Crippen molar-refractivity contribution in [1.82, 2.24) is 9.88 Å². The molecule has 0 amide bonds. The summed E-state index contributed by atoms with van der Waals surface area (Å²) in [5.74, 6) is -0.965. The Morgan fingerprint density at radius 3 is 2.95 bits per heavy atom. The van der Waals surface area contributed by atoms with Crippen molar-refractivity contribution in [3.63, 3.8) is 0 Å². The number of hydrogen-bond donors (Lipinski definition) is 1. The number of pyridine rings is 1. The number of carboxylic acids is 1. The van der Waals surface area contributed by atoms with Crippen LogP contribution in [0, 0.1) is 12.8 Å². The summed E-state index contributed by atoms with van der Waals surface area (Å²) in [5, 5.41) is 11.4. The second-order valence-electron chi connectivity index (χ2n) is 5.85. The normalized spacial score (nSPS) is 20.7. The molecule has 1 saturated heterocycles. The van der Waals surface area contributed by atoms with Gasteiger partial charge in [-0.15, -0.1) is 11.3 Å². The molecule has 0 radical (unpaired) electrons. The van der Waals surface area contributed by atoms with Gasteiger partial charge in [0.25, 0.3) is 0 Å². The van der Waals surface area contributed by atoms with Gasteiger partial charge in [0.05, 0.1) is 17.7 Å². The zero-order valence-electron chi connectivity index (χ0n) is 12.6. The lowest BCUT2D eigenvalue weighted by atomic mass is 9.95. The molecule has 0 aromatic carbocycles. The van der Waals surface area contributed by atoms with Crippen LogP contribution in [-0.2, 0) is 4.79 Å². The summed E-state index contributed by atoms with van der Waals surface area (Å²) >= 11 is 1.70. The molecule has 0 aliphatic carbocycles. The molecule has 3 heterocycles. The lowest BCUT2D eigenvalue weighted by Gasteiger charge is -2.36. The molecule has 2 aromatic rings. The number of nitrogens with zero attached hydrogens (tertiary/aromatic N) is 2. The van der Waals surface area contributed by atoms with Crippen molar-refractivity contribution in [3.8, 4) is 0 Å². The monoisotopic (exact) mass is 316 g/mol. The van der Waals surface area contributed by atoms with Crippen molar-refractivity contribution in [2.75, 3.05) is 13.1 Å². The number of aliphatic carboxylic acids is 1. The molecular weight excluding hydrogens is 296 g/mol. The third-order valence-electron chi connectivity index (χ3n) is 4.19. The minimum atomic E-state index is -0.688. The van der Waals surface area contributed by atoms with Crippen molar-refractivity contribution in [2.24, 2.45) is 5.92 Å². The number of thiophene rings is 1. The Morgan fingerprint density at radius 1 is 1.45 bits per heavy atom. The summed E-state index contributed by atoms with van der Waals surface area (Å²) in [7, 11) is 0. The molecule has 2 unspecified atom stereocenters. The highest BCUT2D eigenvalue weighted by molar-refractivity contribution is 7.10. The Morgan fingerprint density at radius 2 is 2.32 bits per heavy atom. The van der Waals surface area contributed by atoms with Gasteiger partial charge in [0.2, 0.25) is 0 Å². The molecule has 1 aliphatic heterocycles. The van der Waals surface area contributed by atoms with Gasteiger partial charge in [-0.2, -0.15) is 0 Å². The average molecular weight is 316 g/mol. The first kappa shape index (κ1) is 15.2. The van der Waals surface area contributed by atoms with Crippen molar-refractivity contribution in [1.29, 1.82) is 0 Å². The number of carbonyl (C=O) groups is 1. The Labute approximate surface area is 134 Å². The summed E-state index contributed by atoms with van der Waals surface area (Å²) in [6, 6.07) is 8.34. The highest BCUT2D eigenvalue weighted by Gasteiger charge is 2.32. The first-order chi connectivity index (χ1) is 10.6. The minimum absolute atomic E-state index is 0.0581. The molecule has 116 valence electrons. The quantitative estimate of drug-likeness (QED) is 0.940. The summed E-state index contributed by atoms with van der Waals surface area (Å²) in [5.41, 5.74) is 2.13. The Balaban J connectivity index is 1.92. The van der Waals surface area contributed by atoms with E-state index in [2.05, 4.69) is 33.5 Å².